The molecule has 0 radical (unpaired) electrons. The van der Waals surface area contributed by atoms with Crippen molar-refractivity contribution in [3.8, 4) is 11.1 Å². The lowest BCUT2D eigenvalue weighted by atomic mass is 9.77. The van der Waals surface area contributed by atoms with Crippen molar-refractivity contribution < 1.29 is 18.8 Å². The Morgan fingerprint density at radius 1 is 1.08 bits per heavy atom. The zero-order chi connectivity index (χ0) is 27.1. The number of nitrogens with zero attached hydrogens (tertiary/aromatic N) is 2. The number of hydrogen-bond donors (Lipinski definition) is 2. The molecular formula is C28H30BClN4O4. The zero-order valence-corrected chi connectivity index (χ0v) is 22.6. The summed E-state index contributed by atoms with van der Waals surface area (Å²) in [4.78, 5) is 21.2. The van der Waals surface area contributed by atoms with E-state index in [9.17, 15) is 4.79 Å². The minimum absolute atomic E-state index is 0.0323. The van der Waals surface area contributed by atoms with Crippen LogP contribution in [0.2, 0.25) is 5.15 Å². The van der Waals surface area contributed by atoms with Crippen LogP contribution in [0.15, 0.2) is 60.2 Å². The van der Waals surface area contributed by atoms with Gasteiger partial charge in [-0.15, -0.1) is 0 Å². The van der Waals surface area contributed by atoms with E-state index < -0.39 is 24.4 Å². The summed E-state index contributed by atoms with van der Waals surface area (Å²) in [6.07, 6.45) is 2.56. The second kappa shape index (κ2) is 10.1. The van der Waals surface area contributed by atoms with Crippen molar-refractivity contribution in [2.75, 3.05) is 18.9 Å². The molecule has 0 unspecified atom stereocenters. The molecule has 0 spiro atoms. The number of carbonyl (C=O) groups excluding carboxylic acids is 1. The van der Waals surface area contributed by atoms with Crippen molar-refractivity contribution in [3.05, 3.63) is 82.2 Å². The smallest absolute Gasteiger partial charge is 0.449 e. The molecule has 2 aromatic carbocycles. The minimum Gasteiger partial charge on any atom is -0.449 e. The van der Waals surface area contributed by atoms with Gasteiger partial charge in [-0.2, -0.15) is 0 Å². The van der Waals surface area contributed by atoms with Gasteiger partial charge in [0.2, 0.25) is 0 Å². The Morgan fingerprint density at radius 3 is 2.24 bits per heavy atom. The van der Waals surface area contributed by atoms with Crippen LogP contribution in [0.25, 0.3) is 17.2 Å². The molecule has 1 saturated heterocycles. The van der Waals surface area contributed by atoms with E-state index in [1.165, 1.54) is 17.3 Å². The summed E-state index contributed by atoms with van der Waals surface area (Å²) in [7, 11) is -0.732. The first-order valence-corrected chi connectivity index (χ1v) is 12.9. The topological polar surface area (TPSA) is 109 Å². The Hall–Kier alpha value is -3.40. The van der Waals surface area contributed by atoms with Crippen LogP contribution in [0.1, 0.15) is 50.4 Å². The Labute approximate surface area is 227 Å². The van der Waals surface area contributed by atoms with Crippen LogP contribution in [-0.4, -0.2) is 47.5 Å². The van der Waals surface area contributed by atoms with Gasteiger partial charge in [0, 0.05) is 12.5 Å². The van der Waals surface area contributed by atoms with Crippen molar-refractivity contribution in [2.24, 2.45) is 0 Å². The highest BCUT2D eigenvalue weighted by Crippen LogP contribution is 2.44. The molecule has 1 amide bonds. The molecule has 3 aromatic rings. The van der Waals surface area contributed by atoms with Crippen LogP contribution < -0.4 is 11.1 Å². The summed E-state index contributed by atoms with van der Waals surface area (Å²) in [6.45, 7) is 8.14. The number of hydrogen-bond acceptors (Lipinski definition) is 7. The molecule has 2 heterocycles. The number of amides is 1. The lowest BCUT2D eigenvalue weighted by molar-refractivity contribution is 0.00578. The van der Waals surface area contributed by atoms with E-state index in [4.69, 9.17) is 31.4 Å². The number of anilines is 1. The Morgan fingerprint density at radius 2 is 1.66 bits per heavy atom. The van der Waals surface area contributed by atoms with E-state index in [2.05, 4.69) is 39.6 Å². The number of alkyl carbamates (subject to hydrolysis) is 1. The Balaban J connectivity index is 1.31. The number of fused-ring (bicyclic) bond motifs is 3. The van der Waals surface area contributed by atoms with Gasteiger partial charge in [-0.25, -0.2) is 14.8 Å². The van der Waals surface area contributed by atoms with Crippen LogP contribution in [0.3, 0.4) is 0 Å². The number of rotatable bonds is 6. The highest BCUT2D eigenvalue weighted by atomic mass is 35.5. The van der Waals surface area contributed by atoms with Crippen molar-refractivity contribution in [1.29, 1.82) is 0 Å². The second-order valence-corrected chi connectivity index (χ2v) is 10.8. The summed E-state index contributed by atoms with van der Waals surface area (Å²) in [5.41, 5.74) is 10.2. The van der Waals surface area contributed by atoms with Crippen LogP contribution in [0, 0.1) is 0 Å². The summed E-state index contributed by atoms with van der Waals surface area (Å²) in [5.74, 6) is 0.177. The second-order valence-electron chi connectivity index (χ2n) is 10.5. The third kappa shape index (κ3) is 5.01. The normalized spacial score (nSPS) is 17.7. The van der Waals surface area contributed by atoms with Crippen LogP contribution in [0.5, 0.6) is 0 Å². The van der Waals surface area contributed by atoms with Gasteiger partial charge in [0.15, 0.2) is 5.15 Å². The number of nitrogens with two attached hydrogens (primary N) is 1. The van der Waals surface area contributed by atoms with E-state index >= 15 is 0 Å². The SMILES string of the molecule is CC1(C)OB(C(=Cc2ncc(N)nc2Cl)CNC(=O)OCC2c3ccccc3-c3ccccc32)OC1(C)C. The molecule has 1 aromatic heterocycles. The molecule has 3 N–H and O–H groups in total. The third-order valence-corrected chi connectivity index (χ3v) is 7.71. The first kappa shape index (κ1) is 26.2. The molecule has 0 bridgehead atoms. The number of nitrogen functional groups attached to an aromatic ring is 1. The fraction of sp³-hybridized carbons (Fsp3) is 0.321. The summed E-state index contributed by atoms with van der Waals surface area (Å²) < 4.78 is 18.1. The summed E-state index contributed by atoms with van der Waals surface area (Å²) in [5, 5.41) is 2.97. The van der Waals surface area contributed by atoms with Gasteiger partial charge in [-0.3, -0.25) is 0 Å². The number of aromatic nitrogens is 2. The number of nitrogens with one attached hydrogen (secondary N) is 1. The largest absolute Gasteiger partial charge is 0.492 e. The maximum absolute atomic E-state index is 12.8. The standard InChI is InChI=1S/C28H30BClN4O4/c1-27(2)28(3,4)38-29(37-27)17(13-23-25(30)34-24(31)15-32-23)14-33-26(35)36-16-22-20-11-7-5-9-18(20)19-10-6-8-12-21(19)22/h5-13,15,22H,14,16H2,1-4H3,(H2,31,34)(H,33,35). The number of halogens is 1. The van der Waals surface area contributed by atoms with E-state index in [1.807, 2.05) is 52.0 Å². The summed E-state index contributed by atoms with van der Waals surface area (Å²) in [6, 6.07) is 16.4. The van der Waals surface area contributed by atoms with Gasteiger partial charge < -0.3 is 25.1 Å². The Bertz CT molecular complexity index is 1350. The van der Waals surface area contributed by atoms with Crippen LogP contribution in [0.4, 0.5) is 10.6 Å². The predicted octanol–water partition coefficient (Wildman–Crippen LogP) is 5.27. The van der Waals surface area contributed by atoms with Gasteiger partial charge in [-0.05, 0) is 61.5 Å². The van der Waals surface area contributed by atoms with Crippen LogP contribution >= 0.6 is 11.6 Å². The van der Waals surface area contributed by atoms with Gasteiger partial charge in [-0.1, -0.05) is 60.1 Å². The quantitative estimate of drug-likeness (QED) is 0.417. The van der Waals surface area contributed by atoms with E-state index in [0.717, 1.165) is 11.1 Å². The maximum atomic E-state index is 12.8. The molecule has 5 rings (SSSR count). The average molecular weight is 533 g/mol. The molecule has 1 aliphatic carbocycles. The van der Waals surface area contributed by atoms with E-state index in [-0.39, 0.29) is 30.0 Å². The molecule has 196 valence electrons. The monoisotopic (exact) mass is 532 g/mol. The molecule has 0 saturated carbocycles. The maximum Gasteiger partial charge on any atom is 0.492 e. The van der Waals surface area contributed by atoms with E-state index in [1.54, 1.807) is 6.08 Å². The van der Waals surface area contributed by atoms with Crippen molar-refractivity contribution >= 4 is 36.7 Å². The molecule has 2 aliphatic rings. The molecule has 0 atom stereocenters. The molecule has 8 nitrogen and oxygen atoms in total. The van der Waals surface area contributed by atoms with E-state index in [0.29, 0.717) is 11.2 Å². The minimum atomic E-state index is -0.732. The zero-order valence-electron chi connectivity index (χ0n) is 21.8. The first-order chi connectivity index (χ1) is 18.1. The molecule has 38 heavy (non-hydrogen) atoms. The van der Waals surface area contributed by atoms with Gasteiger partial charge >= 0.3 is 13.2 Å². The molecule has 1 fully saturated rings. The van der Waals surface area contributed by atoms with Crippen molar-refractivity contribution in [1.82, 2.24) is 15.3 Å². The fourth-order valence-corrected chi connectivity index (χ4v) is 4.88. The number of benzene rings is 2. The first-order valence-electron chi connectivity index (χ1n) is 12.5. The molecular weight excluding hydrogens is 503 g/mol. The fourth-order valence-electron chi connectivity index (χ4n) is 4.68. The lowest BCUT2D eigenvalue weighted by Crippen LogP contribution is -2.41. The highest BCUT2D eigenvalue weighted by molar-refractivity contribution is 6.56. The van der Waals surface area contributed by atoms with Crippen molar-refractivity contribution in [3.63, 3.8) is 0 Å². The predicted molar refractivity (Wildman–Crippen MR) is 149 cm³/mol. The lowest BCUT2D eigenvalue weighted by Gasteiger charge is -2.32. The molecule has 10 heteroatoms. The van der Waals surface area contributed by atoms with Crippen molar-refractivity contribution in [2.45, 2.75) is 44.8 Å². The number of carbonyl (C=O) groups is 1. The average Bonchev–Trinajstić information content (AvgIpc) is 3.30. The highest BCUT2D eigenvalue weighted by Gasteiger charge is 2.52. The third-order valence-electron chi connectivity index (χ3n) is 7.43. The van der Waals surface area contributed by atoms with Gasteiger partial charge in [0.05, 0.1) is 23.1 Å². The van der Waals surface area contributed by atoms with Gasteiger partial charge in [0.25, 0.3) is 0 Å². The Kier molecular flexibility index (Phi) is 6.94. The van der Waals surface area contributed by atoms with Crippen LogP contribution in [-0.2, 0) is 14.0 Å². The van der Waals surface area contributed by atoms with Gasteiger partial charge in [0.1, 0.15) is 12.4 Å². The summed E-state index contributed by atoms with van der Waals surface area (Å²) >= 11 is 6.27. The number of ether oxygens (including phenoxy) is 1. The molecule has 1 aliphatic heterocycles.